The van der Waals surface area contributed by atoms with Gasteiger partial charge in [0.25, 0.3) is 0 Å². The van der Waals surface area contributed by atoms with Crippen LogP contribution in [0.2, 0.25) is 0 Å². The average Bonchev–Trinajstić information content (AvgIpc) is 2.27. The van der Waals surface area contributed by atoms with Gasteiger partial charge in [-0.05, 0) is 20.8 Å². The first kappa shape index (κ1) is 15.5. The Morgan fingerprint density at radius 2 is 1.89 bits per heavy atom. The van der Waals surface area contributed by atoms with Gasteiger partial charge < -0.3 is 19.1 Å². The van der Waals surface area contributed by atoms with E-state index >= 15 is 0 Å². The first-order valence-electron chi connectivity index (χ1n) is 5.96. The molecule has 5 nitrogen and oxygen atoms in total. The molecule has 1 atom stereocenters. The van der Waals surface area contributed by atoms with Crippen molar-refractivity contribution in [2.75, 3.05) is 27.3 Å². The van der Waals surface area contributed by atoms with Crippen LogP contribution in [0.1, 0.15) is 27.2 Å². The molecule has 0 aliphatic carbocycles. The number of likely N-dealkylation sites (tertiary alicyclic amines) is 1. The van der Waals surface area contributed by atoms with Crippen molar-refractivity contribution in [3.8, 4) is 0 Å². The Hall–Kier alpha value is -0.520. The molecular formula is C12H22ClNO4. The summed E-state index contributed by atoms with van der Waals surface area (Å²) in [6, 6.07) is 0. The minimum Gasteiger partial charge on any atom is -0.444 e. The summed E-state index contributed by atoms with van der Waals surface area (Å²) >= 11 is 6.25. The van der Waals surface area contributed by atoms with E-state index in [0.717, 1.165) is 0 Å². The topological polar surface area (TPSA) is 48.0 Å². The number of halogens is 1. The molecule has 0 aromatic heterocycles. The highest BCUT2D eigenvalue weighted by Crippen LogP contribution is 2.31. The van der Waals surface area contributed by atoms with E-state index < -0.39 is 16.8 Å². The monoisotopic (exact) mass is 279 g/mol. The van der Waals surface area contributed by atoms with Gasteiger partial charge in [0.1, 0.15) is 11.0 Å². The molecule has 1 heterocycles. The lowest BCUT2D eigenvalue weighted by molar-refractivity contribution is -0.224. The number of alkyl halides is 1. The van der Waals surface area contributed by atoms with Gasteiger partial charge in [0.05, 0.1) is 0 Å². The summed E-state index contributed by atoms with van der Waals surface area (Å²) in [5, 5.41) is -0.422. The zero-order valence-corrected chi connectivity index (χ0v) is 12.4. The average molecular weight is 280 g/mol. The van der Waals surface area contributed by atoms with Crippen LogP contribution in [0.15, 0.2) is 0 Å². The van der Waals surface area contributed by atoms with Gasteiger partial charge in [-0.3, -0.25) is 0 Å². The number of hydrogen-bond donors (Lipinski definition) is 0. The van der Waals surface area contributed by atoms with Crippen molar-refractivity contribution in [2.45, 2.75) is 44.0 Å². The quantitative estimate of drug-likeness (QED) is 0.574. The molecule has 1 fully saturated rings. The van der Waals surface area contributed by atoms with Gasteiger partial charge in [-0.15, -0.1) is 11.6 Å². The number of carbonyl (C=O) groups is 1. The van der Waals surface area contributed by atoms with Gasteiger partial charge in [0, 0.05) is 33.7 Å². The third-order valence-electron chi connectivity index (χ3n) is 2.93. The summed E-state index contributed by atoms with van der Waals surface area (Å²) in [5.41, 5.74) is -0.504. The van der Waals surface area contributed by atoms with Gasteiger partial charge in [-0.1, -0.05) is 0 Å². The smallest absolute Gasteiger partial charge is 0.410 e. The molecular weight excluding hydrogens is 258 g/mol. The molecule has 106 valence electrons. The second-order valence-corrected chi connectivity index (χ2v) is 5.89. The predicted molar refractivity (Wildman–Crippen MR) is 68.8 cm³/mol. The van der Waals surface area contributed by atoms with E-state index in [-0.39, 0.29) is 6.09 Å². The summed E-state index contributed by atoms with van der Waals surface area (Å²) in [5.74, 6) is -0.819. The molecule has 1 aliphatic heterocycles. The van der Waals surface area contributed by atoms with Crippen LogP contribution in [-0.4, -0.2) is 55.1 Å². The fourth-order valence-electron chi connectivity index (χ4n) is 1.91. The van der Waals surface area contributed by atoms with Crippen LogP contribution in [0.5, 0.6) is 0 Å². The molecule has 6 heteroatoms. The lowest BCUT2D eigenvalue weighted by atomic mass is 10.0. The minimum absolute atomic E-state index is 0.345. The number of carbonyl (C=O) groups excluding carboxylic acids is 1. The van der Waals surface area contributed by atoms with E-state index in [2.05, 4.69) is 0 Å². The summed E-state index contributed by atoms with van der Waals surface area (Å²) in [4.78, 5) is 13.5. The maximum atomic E-state index is 11.9. The third kappa shape index (κ3) is 3.49. The summed E-state index contributed by atoms with van der Waals surface area (Å²) < 4.78 is 16.0. The first-order chi connectivity index (χ1) is 8.24. The molecule has 0 spiro atoms. The Morgan fingerprint density at radius 3 is 2.28 bits per heavy atom. The second-order valence-electron chi connectivity index (χ2n) is 5.36. The van der Waals surface area contributed by atoms with Gasteiger partial charge in [-0.25, -0.2) is 4.79 Å². The van der Waals surface area contributed by atoms with Crippen molar-refractivity contribution in [1.82, 2.24) is 4.90 Å². The second kappa shape index (κ2) is 5.63. The molecule has 1 saturated heterocycles. The van der Waals surface area contributed by atoms with E-state index in [1.807, 2.05) is 20.8 Å². The number of ether oxygens (including phenoxy) is 3. The zero-order chi connectivity index (χ0) is 14.0. The Morgan fingerprint density at radius 1 is 1.33 bits per heavy atom. The molecule has 0 aromatic carbocycles. The summed E-state index contributed by atoms with van der Waals surface area (Å²) in [7, 11) is 3.12. The number of methoxy groups -OCH3 is 2. The number of hydrogen-bond acceptors (Lipinski definition) is 4. The fraction of sp³-hybridized carbons (Fsp3) is 0.917. The van der Waals surface area contributed by atoms with Gasteiger partial charge in [0.2, 0.25) is 0 Å². The van der Waals surface area contributed by atoms with Crippen LogP contribution in [0.25, 0.3) is 0 Å². The number of amides is 1. The predicted octanol–water partition coefficient (Wildman–Crippen LogP) is 2.22. The van der Waals surface area contributed by atoms with Crippen molar-refractivity contribution in [3.05, 3.63) is 0 Å². The van der Waals surface area contributed by atoms with Crippen molar-refractivity contribution in [2.24, 2.45) is 0 Å². The standard InChI is InChI=1S/C12H22ClNO4/c1-11(2,3)18-10(15)14-7-6-12(16-4,17-5)9(13)8-14/h9H,6-8H2,1-5H3. The summed E-state index contributed by atoms with van der Waals surface area (Å²) in [6.07, 6.45) is 0.168. The molecule has 1 aliphatic rings. The molecule has 0 saturated carbocycles. The van der Waals surface area contributed by atoms with Gasteiger partial charge >= 0.3 is 6.09 Å². The Kier molecular flexibility index (Phi) is 4.86. The Labute approximate surface area is 113 Å². The van der Waals surface area contributed by atoms with Crippen LogP contribution < -0.4 is 0 Å². The number of nitrogens with zero attached hydrogens (tertiary/aromatic N) is 1. The lowest BCUT2D eigenvalue weighted by Crippen LogP contribution is -2.57. The van der Waals surface area contributed by atoms with E-state index in [0.29, 0.717) is 19.5 Å². The van der Waals surface area contributed by atoms with Crippen LogP contribution >= 0.6 is 11.6 Å². The van der Waals surface area contributed by atoms with Crippen molar-refractivity contribution < 1.29 is 19.0 Å². The summed E-state index contributed by atoms with van der Waals surface area (Å²) in [6.45, 7) is 6.35. The Bertz CT molecular complexity index is 299. The van der Waals surface area contributed by atoms with Crippen molar-refractivity contribution in [3.63, 3.8) is 0 Å². The van der Waals surface area contributed by atoms with Crippen LogP contribution in [0, 0.1) is 0 Å². The molecule has 18 heavy (non-hydrogen) atoms. The maximum Gasteiger partial charge on any atom is 0.410 e. The van der Waals surface area contributed by atoms with E-state index in [1.54, 1.807) is 19.1 Å². The highest BCUT2D eigenvalue weighted by Gasteiger charge is 2.44. The molecule has 1 rings (SSSR count). The molecule has 1 unspecified atom stereocenters. The number of piperidine rings is 1. The SMILES string of the molecule is COC1(OC)CCN(C(=O)OC(C)(C)C)CC1Cl. The molecule has 1 amide bonds. The largest absolute Gasteiger partial charge is 0.444 e. The zero-order valence-electron chi connectivity index (χ0n) is 11.7. The van der Waals surface area contributed by atoms with Crippen LogP contribution in [-0.2, 0) is 14.2 Å². The first-order valence-corrected chi connectivity index (χ1v) is 6.40. The maximum absolute atomic E-state index is 11.9. The molecule has 0 aromatic rings. The van der Waals surface area contributed by atoms with Crippen LogP contribution in [0.3, 0.4) is 0 Å². The van der Waals surface area contributed by atoms with E-state index in [4.69, 9.17) is 25.8 Å². The van der Waals surface area contributed by atoms with Crippen LogP contribution in [0.4, 0.5) is 4.79 Å². The number of rotatable bonds is 2. The Balaban J connectivity index is 2.63. The highest BCUT2D eigenvalue weighted by atomic mass is 35.5. The lowest BCUT2D eigenvalue weighted by Gasteiger charge is -2.43. The molecule has 0 N–H and O–H groups in total. The normalized spacial score (nSPS) is 23.9. The van der Waals surface area contributed by atoms with Crippen molar-refractivity contribution in [1.29, 1.82) is 0 Å². The minimum atomic E-state index is -0.819. The molecule has 0 radical (unpaired) electrons. The fourth-order valence-corrected chi connectivity index (χ4v) is 2.36. The van der Waals surface area contributed by atoms with E-state index in [1.165, 1.54) is 0 Å². The third-order valence-corrected chi connectivity index (χ3v) is 3.40. The molecule has 0 bridgehead atoms. The van der Waals surface area contributed by atoms with Gasteiger partial charge in [0.15, 0.2) is 5.79 Å². The highest BCUT2D eigenvalue weighted by molar-refractivity contribution is 6.21. The van der Waals surface area contributed by atoms with E-state index in [9.17, 15) is 4.79 Å². The van der Waals surface area contributed by atoms with Gasteiger partial charge in [-0.2, -0.15) is 0 Å². The van der Waals surface area contributed by atoms with Crippen molar-refractivity contribution >= 4 is 17.7 Å².